The van der Waals surface area contributed by atoms with Gasteiger partial charge in [-0.2, -0.15) is 0 Å². The quantitative estimate of drug-likeness (QED) is 0.191. The summed E-state index contributed by atoms with van der Waals surface area (Å²) in [6.45, 7) is 0. The van der Waals surface area contributed by atoms with E-state index in [1.54, 1.807) is 0 Å². The fourth-order valence-corrected chi connectivity index (χ4v) is 8.96. The van der Waals surface area contributed by atoms with Crippen molar-refractivity contribution in [2.24, 2.45) is 9.98 Å². The number of amidine groups is 2. The Morgan fingerprint density at radius 1 is 0.596 bits per heavy atom. The first-order chi connectivity index (χ1) is 28.3. The molecule has 1 aliphatic heterocycles. The predicted molar refractivity (Wildman–Crippen MR) is 232 cm³/mol. The van der Waals surface area contributed by atoms with Crippen LogP contribution in [0.15, 0.2) is 183 Å². The maximum Gasteiger partial charge on any atom is 0.159 e. The largest absolute Gasteiger partial charge is 0.456 e. The van der Waals surface area contributed by atoms with Gasteiger partial charge in [-0.1, -0.05) is 133 Å². The van der Waals surface area contributed by atoms with E-state index in [1.807, 2.05) is 36.4 Å². The Morgan fingerprint density at radius 3 is 2.12 bits per heavy atom. The molecule has 57 heavy (non-hydrogen) atoms. The average molecular weight is 735 g/mol. The van der Waals surface area contributed by atoms with E-state index in [1.165, 1.54) is 21.8 Å². The van der Waals surface area contributed by atoms with Crippen LogP contribution in [0.4, 0.5) is 0 Å². The number of benzene rings is 7. The lowest BCUT2D eigenvalue weighted by atomic mass is 9.98. The van der Waals surface area contributed by atoms with Crippen molar-refractivity contribution in [3.63, 3.8) is 0 Å². The predicted octanol–water partition coefficient (Wildman–Crippen LogP) is 11.0. The molecule has 0 saturated heterocycles. The van der Waals surface area contributed by atoms with E-state index in [0.717, 1.165) is 95.7 Å². The van der Waals surface area contributed by atoms with Crippen molar-refractivity contribution in [2.45, 2.75) is 19.0 Å². The molecule has 6 nitrogen and oxygen atoms in total. The average Bonchev–Trinajstić information content (AvgIpc) is 3.96. The fourth-order valence-electron chi connectivity index (χ4n) is 8.96. The Labute approximate surface area is 327 Å². The molecule has 0 radical (unpaired) electrons. The van der Waals surface area contributed by atoms with E-state index in [2.05, 4.69) is 143 Å². The SMILES string of the molecule is C1=c2c(oc3ccc(-c4cccc5c4oc4cccc(-n6c7ccccc7c7ccccc76)c45)cc23)=C(C2=NC(c3ccccc3)NC(c3ccccc3)=N2)CC1. The summed E-state index contributed by atoms with van der Waals surface area (Å²) >= 11 is 0. The number of hydrogen-bond donors (Lipinski definition) is 1. The van der Waals surface area contributed by atoms with Gasteiger partial charge < -0.3 is 18.7 Å². The first kappa shape index (κ1) is 31.9. The van der Waals surface area contributed by atoms with Crippen LogP contribution in [0.2, 0.25) is 0 Å². The van der Waals surface area contributed by atoms with Crippen LogP contribution >= 0.6 is 0 Å². The van der Waals surface area contributed by atoms with E-state index < -0.39 is 0 Å². The maximum absolute atomic E-state index is 6.81. The van der Waals surface area contributed by atoms with Crippen LogP contribution in [0.5, 0.6) is 0 Å². The summed E-state index contributed by atoms with van der Waals surface area (Å²) in [5.74, 6) is 1.51. The van der Waals surface area contributed by atoms with E-state index in [0.29, 0.717) is 5.84 Å². The third-order valence-corrected chi connectivity index (χ3v) is 11.6. The number of para-hydroxylation sites is 3. The Morgan fingerprint density at radius 2 is 1.32 bits per heavy atom. The first-order valence-corrected chi connectivity index (χ1v) is 19.5. The minimum absolute atomic E-state index is 0.272. The number of furan rings is 2. The highest BCUT2D eigenvalue weighted by atomic mass is 16.3. The van der Waals surface area contributed by atoms with Crippen LogP contribution in [-0.4, -0.2) is 16.2 Å². The van der Waals surface area contributed by atoms with E-state index in [-0.39, 0.29) is 6.17 Å². The van der Waals surface area contributed by atoms with Gasteiger partial charge in [-0.05, 0) is 60.4 Å². The van der Waals surface area contributed by atoms with E-state index >= 15 is 0 Å². The zero-order chi connectivity index (χ0) is 37.5. The van der Waals surface area contributed by atoms with Gasteiger partial charge in [0.1, 0.15) is 34.2 Å². The Kier molecular flexibility index (Phi) is 7.01. The van der Waals surface area contributed by atoms with Crippen molar-refractivity contribution < 1.29 is 8.83 Å². The third-order valence-electron chi connectivity index (χ3n) is 11.6. The van der Waals surface area contributed by atoms with Crippen LogP contribution < -0.4 is 16.0 Å². The van der Waals surface area contributed by atoms with Gasteiger partial charge in [0, 0.05) is 43.5 Å². The van der Waals surface area contributed by atoms with Crippen LogP contribution in [0, 0.1) is 0 Å². The molecular weight excluding hydrogens is 701 g/mol. The van der Waals surface area contributed by atoms with Crippen LogP contribution in [-0.2, 0) is 0 Å². The molecule has 1 atom stereocenters. The molecule has 0 spiro atoms. The van der Waals surface area contributed by atoms with Gasteiger partial charge in [0.15, 0.2) is 5.84 Å². The third kappa shape index (κ3) is 4.97. The zero-order valence-corrected chi connectivity index (χ0v) is 30.8. The lowest BCUT2D eigenvalue weighted by Gasteiger charge is -2.24. The first-order valence-electron chi connectivity index (χ1n) is 19.5. The monoisotopic (exact) mass is 734 g/mol. The number of hydrogen-bond acceptors (Lipinski definition) is 5. The van der Waals surface area contributed by atoms with Crippen molar-refractivity contribution in [1.82, 2.24) is 9.88 Å². The molecule has 4 heterocycles. The maximum atomic E-state index is 6.81. The molecule has 1 N–H and O–H groups in total. The van der Waals surface area contributed by atoms with Crippen LogP contribution in [0.3, 0.4) is 0 Å². The molecule has 1 unspecified atom stereocenters. The number of rotatable bonds is 5. The van der Waals surface area contributed by atoms with E-state index in [4.69, 9.17) is 18.8 Å². The molecule has 0 fully saturated rings. The van der Waals surface area contributed by atoms with Gasteiger partial charge in [-0.3, -0.25) is 0 Å². The number of nitrogens with zero attached hydrogens (tertiary/aromatic N) is 3. The molecule has 7 aromatic carbocycles. The lowest BCUT2D eigenvalue weighted by molar-refractivity contribution is 0.569. The standard InChI is InChI=1S/C51H34N4O2/c1-3-14-31(15-4-1)49-52-50(32-16-5-2-6-17-32)54-51(53-49)39-23-12-21-37-40-30-33(28-29-44(40)56-48(37)39)34-20-11-22-38-46-43(26-13-27-45(46)57-47(34)38)55-41-24-9-7-18-35(41)36-19-8-10-25-42(36)55/h1-11,13-22,24-30,49H,12,23H2,(H,52,53,54). The summed E-state index contributed by atoms with van der Waals surface area (Å²) < 4.78 is 15.9. The Balaban J connectivity index is 1.02. The summed E-state index contributed by atoms with van der Waals surface area (Å²) in [5.41, 5.74) is 12.1. The molecule has 0 saturated carbocycles. The Bertz CT molecular complexity index is 3390. The number of aliphatic imine (C=N–C) groups is 2. The summed E-state index contributed by atoms with van der Waals surface area (Å²) in [6.07, 6.45) is 3.68. The number of fused-ring (bicyclic) bond motifs is 9. The molecular formula is C51H34N4O2. The van der Waals surface area contributed by atoms with Gasteiger partial charge in [-0.25, -0.2) is 9.98 Å². The Hall–Kier alpha value is -7.44. The summed E-state index contributed by atoms with van der Waals surface area (Å²) in [5, 5.41) is 10.4. The van der Waals surface area contributed by atoms with Gasteiger partial charge in [0.2, 0.25) is 0 Å². The van der Waals surface area contributed by atoms with Crippen LogP contribution in [0.1, 0.15) is 30.1 Å². The molecule has 270 valence electrons. The van der Waals surface area contributed by atoms with Crippen molar-refractivity contribution >= 4 is 78.0 Å². The van der Waals surface area contributed by atoms with E-state index in [9.17, 15) is 0 Å². The van der Waals surface area contributed by atoms with Crippen molar-refractivity contribution in [3.05, 3.63) is 186 Å². The molecule has 0 bridgehead atoms. The van der Waals surface area contributed by atoms with Crippen molar-refractivity contribution in [1.29, 1.82) is 0 Å². The molecule has 12 rings (SSSR count). The second-order valence-electron chi connectivity index (χ2n) is 14.8. The lowest BCUT2D eigenvalue weighted by Crippen LogP contribution is -2.36. The van der Waals surface area contributed by atoms with Gasteiger partial charge in [-0.15, -0.1) is 0 Å². The fraction of sp³-hybridized carbons (Fsp3) is 0.0588. The summed E-state index contributed by atoms with van der Waals surface area (Å²) in [7, 11) is 0. The van der Waals surface area contributed by atoms with Gasteiger partial charge >= 0.3 is 0 Å². The van der Waals surface area contributed by atoms with Gasteiger partial charge in [0.25, 0.3) is 0 Å². The second-order valence-corrected chi connectivity index (χ2v) is 14.8. The summed E-state index contributed by atoms with van der Waals surface area (Å²) in [4.78, 5) is 10.3. The highest BCUT2D eigenvalue weighted by Crippen LogP contribution is 2.41. The molecule has 1 aliphatic carbocycles. The normalized spacial score (nSPS) is 15.5. The van der Waals surface area contributed by atoms with Crippen molar-refractivity contribution in [2.75, 3.05) is 0 Å². The number of aromatic nitrogens is 1. The number of nitrogens with one attached hydrogen (secondary N) is 1. The van der Waals surface area contributed by atoms with Gasteiger partial charge in [0.05, 0.1) is 22.1 Å². The molecule has 0 amide bonds. The second kappa shape index (κ2) is 12.5. The minimum Gasteiger partial charge on any atom is -0.456 e. The smallest absolute Gasteiger partial charge is 0.159 e. The van der Waals surface area contributed by atoms with Crippen LogP contribution in [0.25, 0.3) is 83.2 Å². The molecule has 2 aliphatic rings. The molecule has 10 aromatic rings. The zero-order valence-electron chi connectivity index (χ0n) is 30.8. The van der Waals surface area contributed by atoms with Crippen molar-refractivity contribution in [3.8, 4) is 16.8 Å². The highest BCUT2D eigenvalue weighted by Gasteiger charge is 2.25. The molecule has 6 heteroatoms. The molecule has 3 aromatic heterocycles. The summed E-state index contributed by atoms with van der Waals surface area (Å²) in [6, 6.07) is 57.2. The minimum atomic E-state index is -0.272. The topological polar surface area (TPSA) is 68.0 Å². The highest BCUT2D eigenvalue weighted by molar-refractivity contribution is 6.24.